The summed E-state index contributed by atoms with van der Waals surface area (Å²) < 4.78 is 2.09. The van der Waals surface area contributed by atoms with Crippen LogP contribution in [0, 0.1) is 18.3 Å². The third-order valence-electron chi connectivity index (χ3n) is 5.51. The number of nitrogens with zero attached hydrogens (tertiary/aromatic N) is 6. The Morgan fingerprint density at radius 1 is 1.40 bits per heavy atom. The van der Waals surface area contributed by atoms with Gasteiger partial charge in [-0.3, -0.25) is 9.58 Å². The minimum absolute atomic E-state index is 0.327. The third kappa shape index (κ3) is 4.69. The number of aromatic nitrogens is 4. The van der Waals surface area contributed by atoms with Crippen LogP contribution in [0.15, 0.2) is 29.9 Å². The zero-order valence-corrected chi connectivity index (χ0v) is 18.3. The van der Waals surface area contributed by atoms with E-state index in [1.165, 1.54) is 18.4 Å². The van der Waals surface area contributed by atoms with Crippen molar-refractivity contribution in [3.05, 3.63) is 52.4 Å². The van der Waals surface area contributed by atoms with Crippen molar-refractivity contribution >= 4 is 22.3 Å². The summed E-state index contributed by atoms with van der Waals surface area (Å²) in [6.07, 6.45) is 8.49. The molecule has 0 unspecified atom stereocenters. The van der Waals surface area contributed by atoms with Gasteiger partial charge in [0, 0.05) is 36.4 Å². The van der Waals surface area contributed by atoms with Crippen LogP contribution in [0.3, 0.4) is 0 Å². The zero-order chi connectivity index (χ0) is 20.9. The van der Waals surface area contributed by atoms with Gasteiger partial charge in [0.25, 0.3) is 0 Å². The third-order valence-corrected chi connectivity index (χ3v) is 6.29. The van der Waals surface area contributed by atoms with Crippen LogP contribution < -0.4 is 5.32 Å². The Kier molecular flexibility index (Phi) is 6.41. The van der Waals surface area contributed by atoms with E-state index < -0.39 is 0 Å². The standard InChI is InChI=1S/C22H27N7S/c1-3-4-10-29-14-18(16(2)27-29)13-28-9-5-6-20(28)19-15-30-22(25-19)26-21-11-17(12-23)7-8-24-21/h7-8,11,14-15,20H,3-6,9-10,13H2,1-2H3,(H,24,25,26)/t20-/m0/s1. The first-order valence-corrected chi connectivity index (χ1v) is 11.4. The van der Waals surface area contributed by atoms with Crippen molar-refractivity contribution in [1.29, 1.82) is 5.26 Å². The molecule has 1 aliphatic rings. The molecule has 8 heteroatoms. The number of hydrogen-bond acceptors (Lipinski definition) is 7. The largest absolute Gasteiger partial charge is 0.316 e. The van der Waals surface area contributed by atoms with Crippen molar-refractivity contribution < 1.29 is 0 Å². The minimum Gasteiger partial charge on any atom is -0.316 e. The summed E-state index contributed by atoms with van der Waals surface area (Å²) in [7, 11) is 0. The number of aryl methyl sites for hydroxylation is 2. The van der Waals surface area contributed by atoms with E-state index in [0.717, 1.165) is 49.0 Å². The summed E-state index contributed by atoms with van der Waals surface area (Å²) in [5, 5.41) is 19.9. The number of unbranched alkanes of at least 4 members (excludes halogenated alkanes) is 1. The van der Waals surface area contributed by atoms with Crippen molar-refractivity contribution in [3.63, 3.8) is 0 Å². The van der Waals surface area contributed by atoms with Crippen LogP contribution in [0.5, 0.6) is 0 Å². The summed E-state index contributed by atoms with van der Waals surface area (Å²) in [5.74, 6) is 0.647. The van der Waals surface area contributed by atoms with E-state index >= 15 is 0 Å². The van der Waals surface area contributed by atoms with E-state index in [1.54, 1.807) is 29.7 Å². The Morgan fingerprint density at radius 2 is 2.30 bits per heavy atom. The Balaban J connectivity index is 1.44. The van der Waals surface area contributed by atoms with E-state index in [2.05, 4.69) is 56.5 Å². The molecule has 30 heavy (non-hydrogen) atoms. The monoisotopic (exact) mass is 421 g/mol. The minimum atomic E-state index is 0.327. The lowest BCUT2D eigenvalue weighted by atomic mass is 10.1. The van der Waals surface area contributed by atoms with Crippen molar-refractivity contribution in [1.82, 2.24) is 24.6 Å². The second-order valence-electron chi connectivity index (χ2n) is 7.73. The van der Waals surface area contributed by atoms with Crippen LogP contribution >= 0.6 is 11.3 Å². The molecule has 1 fully saturated rings. The van der Waals surface area contributed by atoms with Gasteiger partial charge in [-0.1, -0.05) is 13.3 Å². The van der Waals surface area contributed by atoms with Crippen molar-refractivity contribution in [2.75, 3.05) is 11.9 Å². The average molecular weight is 422 g/mol. The fourth-order valence-corrected chi connectivity index (χ4v) is 4.66. The quantitative estimate of drug-likeness (QED) is 0.563. The van der Waals surface area contributed by atoms with E-state index in [-0.39, 0.29) is 0 Å². The van der Waals surface area contributed by atoms with E-state index in [4.69, 9.17) is 10.2 Å². The van der Waals surface area contributed by atoms with Crippen LogP contribution in [0.25, 0.3) is 0 Å². The number of pyridine rings is 1. The lowest BCUT2D eigenvalue weighted by molar-refractivity contribution is 0.244. The van der Waals surface area contributed by atoms with Gasteiger partial charge in [-0.15, -0.1) is 11.3 Å². The highest BCUT2D eigenvalue weighted by Gasteiger charge is 2.28. The maximum Gasteiger partial charge on any atom is 0.188 e. The topological polar surface area (TPSA) is 82.7 Å². The number of anilines is 2. The maximum absolute atomic E-state index is 9.06. The predicted octanol–water partition coefficient (Wildman–Crippen LogP) is 4.80. The summed E-state index contributed by atoms with van der Waals surface area (Å²) in [5.41, 5.74) is 4.12. The van der Waals surface area contributed by atoms with Crippen LogP contribution in [0.4, 0.5) is 10.9 Å². The van der Waals surface area contributed by atoms with Crippen molar-refractivity contribution in [3.8, 4) is 6.07 Å². The molecule has 0 radical (unpaired) electrons. The van der Waals surface area contributed by atoms with Gasteiger partial charge in [-0.05, 0) is 44.9 Å². The molecule has 0 saturated carbocycles. The lowest BCUT2D eigenvalue weighted by Gasteiger charge is -2.22. The predicted molar refractivity (Wildman–Crippen MR) is 119 cm³/mol. The number of thiazole rings is 1. The highest BCUT2D eigenvalue weighted by Crippen LogP contribution is 2.35. The Labute approximate surface area is 181 Å². The van der Waals surface area contributed by atoms with E-state index in [0.29, 0.717) is 17.4 Å². The summed E-state index contributed by atoms with van der Waals surface area (Å²) in [6.45, 7) is 7.29. The summed E-state index contributed by atoms with van der Waals surface area (Å²) in [4.78, 5) is 11.6. The highest BCUT2D eigenvalue weighted by atomic mass is 32.1. The molecule has 156 valence electrons. The number of rotatable bonds is 8. The average Bonchev–Trinajstić information content (AvgIpc) is 3.48. The van der Waals surface area contributed by atoms with Gasteiger partial charge in [-0.25, -0.2) is 9.97 Å². The smallest absolute Gasteiger partial charge is 0.188 e. The molecule has 7 nitrogen and oxygen atoms in total. The fraction of sp³-hybridized carbons (Fsp3) is 0.455. The number of nitriles is 1. The molecule has 0 bridgehead atoms. The van der Waals surface area contributed by atoms with Gasteiger partial charge in [0.1, 0.15) is 5.82 Å². The van der Waals surface area contributed by atoms with Gasteiger partial charge < -0.3 is 5.32 Å². The molecule has 3 aromatic heterocycles. The van der Waals surface area contributed by atoms with Crippen LogP contribution in [-0.4, -0.2) is 31.2 Å². The van der Waals surface area contributed by atoms with Crippen LogP contribution in [0.2, 0.25) is 0 Å². The molecular weight excluding hydrogens is 394 g/mol. The first-order valence-electron chi connectivity index (χ1n) is 10.5. The van der Waals surface area contributed by atoms with E-state index in [9.17, 15) is 0 Å². The fourth-order valence-electron chi connectivity index (χ4n) is 3.89. The molecule has 4 heterocycles. The first kappa shape index (κ1) is 20.5. The molecule has 1 N–H and O–H groups in total. The normalized spacial score (nSPS) is 16.6. The van der Waals surface area contributed by atoms with Gasteiger partial charge in [-0.2, -0.15) is 10.4 Å². The van der Waals surface area contributed by atoms with E-state index in [1.807, 2.05) is 0 Å². The molecule has 0 amide bonds. The maximum atomic E-state index is 9.06. The first-order chi connectivity index (χ1) is 14.7. The van der Waals surface area contributed by atoms with Crippen molar-refractivity contribution in [2.45, 2.75) is 58.7 Å². The molecule has 4 rings (SSSR count). The Hall–Kier alpha value is -2.76. The SMILES string of the molecule is CCCCn1cc(CN2CCC[C@H]2c2csc(Nc3cc(C#N)ccn3)n2)c(C)n1. The molecule has 1 atom stereocenters. The zero-order valence-electron chi connectivity index (χ0n) is 17.5. The number of nitrogens with one attached hydrogen (secondary N) is 1. The summed E-state index contributed by atoms with van der Waals surface area (Å²) >= 11 is 1.58. The van der Waals surface area contributed by atoms with Crippen molar-refractivity contribution in [2.24, 2.45) is 0 Å². The van der Waals surface area contributed by atoms with Crippen LogP contribution in [0.1, 0.15) is 61.2 Å². The molecule has 0 aliphatic carbocycles. The lowest BCUT2D eigenvalue weighted by Crippen LogP contribution is -2.23. The van der Waals surface area contributed by atoms with Gasteiger partial charge in [0.05, 0.1) is 29.1 Å². The Morgan fingerprint density at radius 3 is 3.13 bits per heavy atom. The molecular formula is C22H27N7S. The second-order valence-corrected chi connectivity index (χ2v) is 8.59. The molecule has 3 aromatic rings. The Bertz CT molecular complexity index is 1030. The second kappa shape index (κ2) is 9.37. The summed E-state index contributed by atoms with van der Waals surface area (Å²) in [6, 6.07) is 5.90. The molecule has 1 aliphatic heterocycles. The van der Waals surface area contributed by atoms with Crippen LogP contribution in [-0.2, 0) is 13.1 Å². The highest BCUT2D eigenvalue weighted by molar-refractivity contribution is 7.13. The number of likely N-dealkylation sites (tertiary alicyclic amines) is 1. The molecule has 0 aromatic carbocycles. The van der Waals surface area contributed by atoms with Gasteiger partial charge in [0.15, 0.2) is 5.13 Å². The molecule has 1 saturated heterocycles. The van der Waals surface area contributed by atoms with Gasteiger partial charge in [0.2, 0.25) is 0 Å². The molecule has 0 spiro atoms. The number of hydrogen-bond donors (Lipinski definition) is 1. The van der Waals surface area contributed by atoms with Gasteiger partial charge >= 0.3 is 0 Å².